The molecule has 1 amide bonds. The number of anilines is 1. The molecule has 4 nitrogen and oxygen atoms in total. The standard InChI is InChI=1S/C15H14BrNO3/c1-3-8-20-14(19)15(6-7-15)13(18)17-12-5-4-11(16)9-10(12)2/h1,4-5,9H,6-8H2,2H3,(H,17,18). The molecule has 0 spiro atoms. The van der Waals surface area contributed by atoms with Crippen molar-refractivity contribution in [2.75, 3.05) is 11.9 Å². The Morgan fingerprint density at radius 1 is 1.50 bits per heavy atom. The van der Waals surface area contributed by atoms with Crippen molar-refractivity contribution in [1.82, 2.24) is 0 Å². The predicted octanol–water partition coefficient (Wildman–Crippen LogP) is 2.65. The normalized spacial score (nSPS) is 15.1. The molecule has 1 aliphatic carbocycles. The third-order valence-electron chi connectivity index (χ3n) is 3.30. The van der Waals surface area contributed by atoms with Crippen LogP contribution in [0.5, 0.6) is 0 Å². The average Bonchev–Trinajstić information content (AvgIpc) is 3.20. The summed E-state index contributed by atoms with van der Waals surface area (Å²) in [6.07, 6.45) is 6.04. The summed E-state index contributed by atoms with van der Waals surface area (Å²) < 4.78 is 5.82. The van der Waals surface area contributed by atoms with Crippen LogP contribution in [0.3, 0.4) is 0 Å². The minimum absolute atomic E-state index is 0.106. The van der Waals surface area contributed by atoms with Crippen molar-refractivity contribution < 1.29 is 14.3 Å². The molecule has 5 heteroatoms. The first kappa shape index (κ1) is 14.6. The largest absolute Gasteiger partial charge is 0.452 e. The van der Waals surface area contributed by atoms with E-state index in [9.17, 15) is 9.59 Å². The second kappa shape index (κ2) is 5.68. The second-order valence-electron chi connectivity index (χ2n) is 4.78. The number of ether oxygens (including phenoxy) is 1. The summed E-state index contributed by atoms with van der Waals surface area (Å²) in [5.41, 5.74) is 0.547. The van der Waals surface area contributed by atoms with Gasteiger partial charge in [0.05, 0.1) is 0 Å². The number of hydrogen-bond donors (Lipinski definition) is 1. The first-order valence-electron chi connectivity index (χ1n) is 6.18. The SMILES string of the molecule is C#CCOC(=O)C1(C(=O)Nc2ccc(Br)cc2C)CC1. The Bertz CT molecular complexity index is 600. The Labute approximate surface area is 126 Å². The van der Waals surface area contributed by atoms with Gasteiger partial charge in [0.15, 0.2) is 6.61 Å². The minimum atomic E-state index is -1.06. The van der Waals surface area contributed by atoms with Gasteiger partial charge in [0, 0.05) is 10.2 Å². The van der Waals surface area contributed by atoms with Crippen LogP contribution >= 0.6 is 15.9 Å². The molecule has 0 saturated heterocycles. The van der Waals surface area contributed by atoms with Crippen LogP contribution in [0.1, 0.15) is 18.4 Å². The lowest BCUT2D eigenvalue weighted by molar-refractivity contribution is -0.152. The summed E-state index contributed by atoms with van der Waals surface area (Å²) in [4.78, 5) is 24.1. The lowest BCUT2D eigenvalue weighted by Crippen LogP contribution is -2.33. The zero-order valence-corrected chi connectivity index (χ0v) is 12.6. The number of nitrogens with one attached hydrogen (secondary N) is 1. The Balaban J connectivity index is 2.08. The Morgan fingerprint density at radius 3 is 2.75 bits per heavy atom. The van der Waals surface area contributed by atoms with E-state index in [-0.39, 0.29) is 12.5 Å². The fourth-order valence-corrected chi connectivity index (χ4v) is 2.38. The molecule has 1 aromatic rings. The molecular weight excluding hydrogens is 322 g/mol. The number of halogens is 1. The van der Waals surface area contributed by atoms with Crippen LogP contribution in [0, 0.1) is 24.7 Å². The van der Waals surface area contributed by atoms with Gasteiger partial charge < -0.3 is 10.1 Å². The van der Waals surface area contributed by atoms with Crippen LogP contribution < -0.4 is 5.32 Å². The maximum atomic E-state index is 12.3. The van der Waals surface area contributed by atoms with Gasteiger partial charge in [-0.3, -0.25) is 9.59 Å². The summed E-state index contributed by atoms with van der Waals surface area (Å²) in [6.45, 7) is 1.78. The topological polar surface area (TPSA) is 55.4 Å². The first-order chi connectivity index (χ1) is 9.49. The predicted molar refractivity (Wildman–Crippen MR) is 79.0 cm³/mol. The monoisotopic (exact) mass is 335 g/mol. The zero-order chi connectivity index (χ0) is 14.8. The summed E-state index contributed by atoms with van der Waals surface area (Å²) >= 11 is 3.36. The van der Waals surface area contributed by atoms with Crippen LogP contribution in [0.2, 0.25) is 0 Å². The molecule has 0 unspecified atom stereocenters. The van der Waals surface area contributed by atoms with Crippen LogP contribution in [-0.2, 0) is 14.3 Å². The molecule has 1 aliphatic rings. The van der Waals surface area contributed by atoms with E-state index in [2.05, 4.69) is 27.2 Å². The number of terminal acetylenes is 1. The number of carbonyl (C=O) groups excluding carboxylic acids is 2. The summed E-state index contributed by atoms with van der Waals surface area (Å²) in [5.74, 6) is 1.35. The summed E-state index contributed by atoms with van der Waals surface area (Å²) in [7, 11) is 0. The van der Waals surface area contributed by atoms with E-state index in [1.54, 1.807) is 6.07 Å². The molecule has 104 valence electrons. The molecule has 0 bridgehead atoms. The lowest BCUT2D eigenvalue weighted by Gasteiger charge is -2.15. The van der Waals surface area contributed by atoms with Gasteiger partial charge in [-0.25, -0.2) is 0 Å². The third-order valence-corrected chi connectivity index (χ3v) is 3.79. The molecule has 1 aromatic carbocycles. The highest BCUT2D eigenvalue weighted by Gasteiger charge is 2.58. The third kappa shape index (κ3) is 2.86. The maximum absolute atomic E-state index is 12.3. The Hall–Kier alpha value is -1.80. The average molecular weight is 336 g/mol. The van der Waals surface area contributed by atoms with Crippen molar-refractivity contribution in [2.24, 2.45) is 5.41 Å². The van der Waals surface area contributed by atoms with Gasteiger partial charge in [-0.15, -0.1) is 6.42 Å². The van der Waals surface area contributed by atoms with Crippen LogP contribution in [-0.4, -0.2) is 18.5 Å². The van der Waals surface area contributed by atoms with Crippen molar-refractivity contribution in [3.63, 3.8) is 0 Å². The highest BCUT2D eigenvalue weighted by atomic mass is 79.9. The molecule has 0 aliphatic heterocycles. The fraction of sp³-hybridized carbons (Fsp3) is 0.333. The highest BCUT2D eigenvalue weighted by molar-refractivity contribution is 9.10. The molecule has 0 heterocycles. The van der Waals surface area contributed by atoms with Gasteiger partial charge in [0.1, 0.15) is 5.41 Å². The smallest absolute Gasteiger partial charge is 0.322 e. The van der Waals surface area contributed by atoms with Gasteiger partial charge in [-0.2, -0.15) is 0 Å². The van der Waals surface area contributed by atoms with Crippen molar-refractivity contribution in [1.29, 1.82) is 0 Å². The van der Waals surface area contributed by atoms with E-state index in [1.807, 2.05) is 19.1 Å². The van der Waals surface area contributed by atoms with E-state index >= 15 is 0 Å². The highest BCUT2D eigenvalue weighted by Crippen LogP contribution is 2.47. The number of esters is 1. The molecule has 0 atom stereocenters. The van der Waals surface area contributed by atoms with E-state index in [0.29, 0.717) is 18.5 Å². The van der Waals surface area contributed by atoms with Gasteiger partial charge in [-0.05, 0) is 43.5 Å². The molecule has 2 rings (SSSR count). The number of benzene rings is 1. The van der Waals surface area contributed by atoms with Crippen molar-refractivity contribution >= 4 is 33.5 Å². The van der Waals surface area contributed by atoms with Crippen molar-refractivity contribution in [3.05, 3.63) is 28.2 Å². The zero-order valence-electron chi connectivity index (χ0n) is 11.0. The summed E-state index contributed by atoms with van der Waals surface area (Å²) in [6, 6.07) is 5.52. The van der Waals surface area contributed by atoms with Gasteiger partial charge in [-0.1, -0.05) is 21.9 Å². The van der Waals surface area contributed by atoms with Crippen molar-refractivity contribution in [2.45, 2.75) is 19.8 Å². The van der Waals surface area contributed by atoms with Gasteiger partial charge >= 0.3 is 5.97 Å². The molecule has 20 heavy (non-hydrogen) atoms. The number of aryl methyl sites for hydroxylation is 1. The van der Waals surface area contributed by atoms with Crippen LogP contribution in [0.15, 0.2) is 22.7 Å². The number of carbonyl (C=O) groups is 2. The maximum Gasteiger partial charge on any atom is 0.322 e. The second-order valence-corrected chi connectivity index (χ2v) is 5.69. The molecule has 1 fully saturated rings. The quantitative estimate of drug-likeness (QED) is 0.522. The molecular formula is C15H14BrNO3. The Morgan fingerprint density at radius 2 is 2.20 bits per heavy atom. The van der Waals surface area contributed by atoms with E-state index in [1.165, 1.54) is 0 Å². The fourth-order valence-electron chi connectivity index (χ4n) is 1.90. The van der Waals surface area contributed by atoms with E-state index in [0.717, 1.165) is 10.0 Å². The molecule has 0 aromatic heterocycles. The molecule has 1 saturated carbocycles. The number of amides is 1. The van der Waals surface area contributed by atoms with Crippen molar-refractivity contribution in [3.8, 4) is 12.3 Å². The van der Waals surface area contributed by atoms with Crippen LogP contribution in [0.25, 0.3) is 0 Å². The summed E-state index contributed by atoms with van der Waals surface area (Å²) in [5, 5.41) is 2.79. The van der Waals surface area contributed by atoms with Gasteiger partial charge in [0.2, 0.25) is 5.91 Å². The van der Waals surface area contributed by atoms with E-state index in [4.69, 9.17) is 11.2 Å². The van der Waals surface area contributed by atoms with Crippen LogP contribution in [0.4, 0.5) is 5.69 Å². The van der Waals surface area contributed by atoms with Gasteiger partial charge in [0.25, 0.3) is 0 Å². The van der Waals surface area contributed by atoms with E-state index < -0.39 is 11.4 Å². The number of hydrogen-bond acceptors (Lipinski definition) is 3. The lowest BCUT2D eigenvalue weighted by atomic mass is 10.1. The minimum Gasteiger partial charge on any atom is -0.452 e. The Kier molecular flexibility index (Phi) is 4.15. The molecule has 1 N–H and O–H groups in total. The first-order valence-corrected chi connectivity index (χ1v) is 6.97. The molecule has 0 radical (unpaired) electrons. The number of rotatable bonds is 4.